The second kappa shape index (κ2) is 5.82. The molecule has 1 aromatic rings. The van der Waals surface area contributed by atoms with Crippen molar-refractivity contribution in [1.29, 1.82) is 0 Å². The minimum atomic E-state index is -3.29. The Kier molecular flexibility index (Phi) is 4.94. The zero-order chi connectivity index (χ0) is 13.1. The molecular formula is C11H17BrN2O2S. The Bertz CT molecular complexity index is 486. The third-order valence-corrected chi connectivity index (χ3v) is 4.38. The lowest BCUT2D eigenvalue weighted by molar-refractivity contribution is 0.578. The van der Waals surface area contributed by atoms with Crippen LogP contribution in [0.25, 0.3) is 0 Å². The molecule has 4 nitrogen and oxygen atoms in total. The second-order valence-electron chi connectivity index (χ2n) is 4.37. The third-order valence-electron chi connectivity index (χ3n) is 2.25. The van der Waals surface area contributed by atoms with E-state index >= 15 is 0 Å². The number of pyridine rings is 1. The highest BCUT2D eigenvalue weighted by Crippen LogP contribution is 2.17. The molecule has 0 aromatic carbocycles. The fourth-order valence-electron chi connectivity index (χ4n) is 1.20. The van der Waals surface area contributed by atoms with Crippen molar-refractivity contribution < 1.29 is 8.42 Å². The van der Waals surface area contributed by atoms with Crippen molar-refractivity contribution >= 4 is 31.8 Å². The van der Waals surface area contributed by atoms with Gasteiger partial charge in [-0.25, -0.2) is 13.4 Å². The number of hydrogen-bond donors (Lipinski definition) is 1. The van der Waals surface area contributed by atoms with Gasteiger partial charge in [-0.2, -0.15) is 0 Å². The summed E-state index contributed by atoms with van der Waals surface area (Å²) in [6, 6.07) is 3.42. The monoisotopic (exact) mass is 320 g/mol. The van der Waals surface area contributed by atoms with Crippen LogP contribution in [-0.4, -0.2) is 19.2 Å². The first-order valence-corrected chi connectivity index (χ1v) is 7.88. The highest BCUT2D eigenvalue weighted by Gasteiger charge is 2.12. The van der Waals surface area contributed by atoms with Crippen molar-refractivity contribution in [3.8, 4) is 0 Å². The predicted octanol–water partition coefficient (Wildman–Crippen LogP) is 2.94. The minimum Gasteiger partial charge on any atom is -0.267 e. The number of rotatable bonds is 5. The summed E-state index contributed by atoms with van der Waals surface area (Å²) in [5, 5.41) is 0. The van der Waals surface area contributed by atoms with Gasteiger partial charge in [0.25, 0.3) is 0 Å². The lowest BCUT2D eigenvalue weighted by atomic mass is 10.2. The van der Waals surface area contributed by atoms with Crippen molar-refractivity contribution in [1.82, 2.24) is 4.98 Å². The van der Waals surface area contributed by atoms with E-state index in [1.807, 2.05) is 20.8 Å². The Labute approximate surface area is 111 Å². The first-order chi connectivity index (χ1) is 7.80. The first-order valence-electron chi connectivity index (χ1n) is 5.44. The molecule has 0 unspecified atom stereocenters. The zero-order valence-electron chi connectivity index (χ0n) is 10.2. The topological polar surface area (TPSA) is 59.1 Å². The van der Waals surface area contributed by atoms with Crippen LogP contribution in [0.1, 0.15) is 26.0 Å². The summed E-state index contributed by atoms with van der Waals surface area (Å²) >= 11 is 3.32. The van der Waals surface area contributed by atoms with Gasteiger partial charge in [0.05, 0.1) is 11.4 Å². The second-order valence-corrected chi connectivity index (χ2v) is 7.06. The van der Waals surface area contributed by atoms with Crippen LogP contribution in [0.2, 0.25) is 0 Å². The predicted molar refractivity (Wildman–Crippen MR) is 73.5 cm³/mol. The molecule has 6 heteroatoms. The molecule has 1 N–H and O–H groups in total. The van der Waals surface area contributed by atoms with Crippen LogP contribution in [-0.2, 0) is 10.0 Å². The van der Waals surface area contributed by atoms with Gasteiger partial charge in [-0.05, 0) is 47.3 Å². The van der Waals surface area contributed by atoms with Crippen molar-refractivity contribution in [2.75, 3.05) is 10.5 Å². The van der Waals surface area contributed by atoms with Crippen LogP contribution in [0.3, 0.4) is 0 Å². The van der Waals surface area contributed by atoms with Crippen molar-refractivity contribution in [3.63, 3.8) is 0 Å². The molecule has 1 aromatic heterocycles. The molecule has 96 valence electrons. The fraction of sp³-hybridized carbons (Fsp3) is 0.545. The molecule has 1 rings (SSSR count). The maximum atomic E-state index is 11.7. The van der Waals surface area contributed by atoms with Gasteiger partial charge in [0.1, 0.15) is 5.82 Å². The van der Waals surface area contributed by atoms with E-state index < -0.39 is 10.0 Å². The quantitative estimate of drug-likeness (QED) is 0.907. The molecule has 0 spiro atoms. The molecule has 0 aliphatic rings. The van der Waals surface area contributed by atoms with Crippen LogP contribution < -0.4 is 4.72 Å². The van der Waals surface area contributed by atoms with E-state index in [-0.39, 0.29) is 5.75 Å². The lowest BCUT2D eigenvalue weighted by Crippen LogP contribution is -2.18. The number of aryl methyl sites for hydroxylation is 1. The van der Waals surface area contributed by atoms with Gasteiger partial charge in [-0.3, -0.25) is 4.72 Å². The average Bonchev–Trinajstić information content (AvgIpc) is 2.21. The molecule has 0 radical (unpaired) electrons. The van der Waals surface area contributed by atoms with Crippen LogP contribution in [0, 0.1) is 12.8 Å². The number of nitrogens with zero attached hydrogens (tertiary/aromatic N) is 1. The van der Waals surface area contributed by atoms with Crippen LogP contribution >= 0.6 is 15.9 Å². The van der Waals surface area contributed by atoms with E-state index in [0.717, 1.165) is 10.2 Å². The standard InChI is InChI=1S/C11H17BrN2O2S/c1-8(2)6-7-17(15,16)14-11-5-4-10(12)9(3)13-11/h4-5,8H,6-7H2,1-3H3,(H,13,14). The molecule has 0 amide bonds. The van der Waals surface area contributed by atoms with E-state index in [9.17, 15) is 8.42 Å². The Morgan fingerprint density at radius 3 is 2.59 bits per heavy atom. The highest BCUT2D eigenvalue weighted by molar-refractivity contribution is 9.10. The van der Waals surface area contributed by atoms with E-state index in [1.165, 1.54) is 0 Å². The largest absolute Gasteiger partial charge is 0.267 e. The first kappa shape index (κ1) is 14.4. The number of hydrogen-bond acceptors (Lipinski definition) is 3. The van der Waals surface area contributed by atoms with Gasteiger partial charge in [-0.15, -0.1) is 0 Å². The Morgan fingerprint density at radius 1 is 1.41 bits per heavy atom. The fourth-order valence-corrected chi connectivity index (χ4v) is 2.74. The van der Waals surface area contributed by atoms with Crippen LogP contribution in [0.15, 0.2) is 16.6 Å². The molecule has 0 saturated carbocycles. The zero-order valence-corrected chi connectivity index (χ0v) is 12.6. The lowest BCUT2D eigenvalue weighted by Gasteiger charge is -2.09. The molecule has 1 heterocycles. The third kappa shape index (κ3) is 5.04. The van der Waals surface area contributed by atoms with Crippen LogP contribution in [0.5, 0.6) is 0 Å². The average molecular weight is 321 g/mol. The number of halogens is 1. The SMILES string of the molecule is Cc1nc(NS(=O)(=O)CCC(C)C)ccc1Br. The molecule has 0 aliphatic heterocycles. The van der Waals surface area contributed by atoms with Gasteiger partial charge in [0, 0.05) is 4.47 Å². The van der Waals surface area contributed by atoms with E-state index in [2.05, 4.69) is 25.6 Å². The van der Waals surface area contributed by atoms with E-state index in [0.29, 0.717) is 18.2 Å². The Hall–Kier alpha value is -0.620. The molecule has 0 aliphatic carbocycles. The van der Waals surface area contributed by atoms with Gasteiger partial charge in [0.15, 0.2) is 0 Å². The number of aromatic nitrogens is 1. The Balaban J connectivity index is 2.73. The summed E-state index contributed by atoms with van der Waals surface area (Å²) in [5.41, 5.74) is 0.758. The molecule has 0 fully saturated rings. The summed E-state index contributed by atoms with van der Waals surface area (Å²) in [4.78, 5) is 4.15. The maximum Gasteiger partial charge on any atom is 0.233 e. The smallest absolute Gasteiger partial charge is 0.233 e. The maximum absolute atomic E-state index is 11.7. The minimum absolute atomic E-state index is 0.126. The molecule has 0 bridgehead atoms. The van der Waals surface area contributed by atoms with E-state index in [4.69, 9.17) is 0 Å². The molecular weight excluding hydrogens is 304 g/mol. The summed E-state index contributed by atoms with van der Waals surface area (Å²) in [6.07, 6.45) is 0.644. The number of nitrogens with one attached hydrogen (secondary N) is 1. The van der Waals surface area contributed by atoms with Gasteiger partial charge >= 0.3 is 0 Å². The van der Waals surface area contributed by atoms with Crippen molar-refractivity contribution in [2.24, 2.45) is 5.92 Å². The number of sulfonamides is 1. The summed E-state index contributed by atoms with van der Waals surface area (Å²) in [5.74, 6) is 0.863. The van der Waals surface area contributed by atoms with Crippen molar-refractivity contribution in [2.45, 2.75) is 27.2 Å². The van der Waals surface area contributed by atoms with Crippen molar-refractivity contribution in [3.05, 3.63) is 22.3 Å². The highest BCUT2D eigenvalue weighted by atomic mass is 79.9. The summed E-state index contributed by atoms with van der Waals surface area (Å²) in [6.45, 7) is 5.81. The Morgan fingerprint density at radius 2 is 2.06 bits per heavy atom. The molecule has 0 atom stereocenters. The van der Waals surface area contributed by atoms with Gasteiger partial charge < -0.3 is 0 Å². The number of anilines is 1. The normalized spacial score (nSPS) is 11.8. The summed E-state index contributed by atoms with van der Waals surface area (Å²) < 4.78 is 26.8. The molecule has 17 heavy (non-hydrogen) atoms. The summed E-state index contributed by atoms with van der Waals surface area (Å²) in [7, 11) is -3.29. The van der Waals surface area contributed by atoms with Gasteiger partial charge in [-0.1, -0.05) is 13.8 Å². The van der Waals surface area contributed by atoms with Crippen LogP contribution in [0.4, 0.5) is 5.82 Å². The molecule has 0 saturated heterocycles. The van der Waals surface area contributed by atoms with Gasteiger partial charge in [0.2, 0.25) is 10.0 Å². The van der Waals surface area contributed by atoms with E-state index in [1.54, 1.807) is 12.1 Å².